The second kappa shape index (κ2) is 6.07. The van der Waals surface area contributed by atoms with Gasteiger partial charge in [-0.1, -0.05) is 22.0 Å². The number of halogens is 1. The molecule has 2 heterocycles. The fraction of sp³-hybridized carbons (Fsp3) is 0.278. The predicted octanol–water partition coefficient (Wildman–Crippen LogP) is 3.28. The van der Waals surface area contributed by atoms with Crippen LogP contribution in [0.2, 0.25) is 0 Å². The Labute approximate surface area is 142 Å². The summed E-state index contributed by atoms with van der Waals surface area (Å²) >= 11 is 3.53. The summed E-state index contributed by atoms with van der Waals surface area (Å²) in [4.78, 5) is 17.5. The number of ether oxygens (including phenoxy) is 1. The van der Waals surface area contributed by atoms with E-state index in [0.717, 1.165) is 58.9 Å². The van der Waals surface area contributed by atoms with Crippen LogP contribution in [0.3, 0.4) is 0 Å². The third kappa shape index (κ3) is 2.80. The molecule has 1 aliphatic heterocycles. The first-order valence-electron chi connectivity index (χ1n) is 7.75. The molecular weight excluding hydrogens is 356 g/mol. The minimum absolute atomic E-state index is 0.0384. The molecule has 1 fully saturated rings. The number of hydrogen-bond donors (Lipinski definition) is 1. The van der Waals surface area contributed by atoms with Gasteiger partial charge in [-0.2, -0.15) is 0 Å². The Bertz CT molecular complexity index is 929. The van der Waals surface area contributed by atoms with Crippen molar-refractivity contribution in [3.8, 4) is 0 Å². The summed E-state index contributed by atoms with van der Waals surface area (Å²) in [7, 11) is 0. The smallest absolute Gasteiger partial charge is 0.256 e. The van der Waals surface area contributed by atoms with Crippen molar-refractivity contribution in [1.29, 1.82) is 0 Å². The third-order valence-electron chi connectivity index (χ3n) is 4.42. The highest BCUT2D eigenvalue weighted by Crippen LogP contribution is 2.30. The summed E-state index contributed by atoms with van der Waals surface area (Å²) in [6.07, 6.45) is 1.72. The van der Waals surface area contributed by atoms with Gasteiger partial charge in [0.2, 0.25) is 0 Å². The molecule has 5 heteroatoms. The Morgan fingerprint density at radius 3 is 2.78 bits per heavy atom. The Morgan fingerprint density at radius 2 is 1.96 bits per heavy atom. The van der Waals surface area contributed by atoms with Crippen molar-refractivity contribution in [3.05, 3.63) is 56.9 Å². The van der Waals surface area contributed by atoms with Gasteiger partial charge in [0.05, 0.1) is 18.6 Å². The molecule has 0 aliphatic carbocycles. The fourth-order valence-corrected chi connectivity index (χ4v) is 3.65. The minimum atomic E-state index is -0.0384. The van der Waals surface area contributed by atoms with Gasteiger partial charge in [0, 0.05) is 30.3 Å². The van der Waals surface area contributed by atoms with Gasteiger partial charge in [0.15, 0.2) is 0 Å². The van der Waals surface area contributed by atoms with Crippen LogP contribution < -0.4 is 5.56 Å². The number of pyridine rings is 1. The van der Waals surface area contributed by atoms with E-state index in [0.29, 0.717) is 0 Å². The van der Waals surface area contributed by atoms with Gasteiger partial charge in [-0.3, -0.25) is 9.69 Å². The molecule has 1 N–H and O–H groups in total. The number of aromatic amines is 1. The number of fused-ring (bicyclic) bond motifs is 3. The SMILES string of the molecule is O=c1[nH]ccc2cc(CN3CCOCC3)c3ccc(Br)cc3c12. The molecule has 0 bridgehead atoms. The van der Waals surface area contributed by atoms with Crippen molar-refractivity contribution in [2.45, 2.75) is 6.54 Å². The average molecular weight is 373 g/mol. The third-order valence-corrected chi connectivity index (χ3v) is 4.91. The van der Waals surface area contributed by atoms with Crippen LogP contribution in [-0.2, 0) is 11.3 Å². The zero-order valence-corrected chi connectivity index (χ0v) is 14.2. The number of benzene rings is 2. The van der Waals surface area contributed by atoms with Crippen LogP contribution in [-0.4, -0.2) is 36.2 Å². The molecular formula is C18H17BrN2O2. The molecule has 0 amide bonds. The first-order valence-corrected chi connectivity index (χ1v) is 8.54. The quantitative estimate of drug-likeness (QED) is 0.702. The van der Waals surface area contributed by atoms with Crippen LogP contribution in [0.4, 0.5) is 0 Å². The second-order valence-electron chi connectivity index (χ2n) is 5.89. The van der Waals surface area contributed by atoms with Crippen molar-refractivity contribution >= 4 is 37.5 Å². The molecule has 0 radical (unpaired) electrons. The molecule has 0 unspecified atom stereocenters. The lowest BCUT2D eigenvalue weighted by molar-refractivity contribution is 0.0344. The van der Waals surface area contributed by atoms with E-state index in [-0.39, 0.29) is 5.56 Å². The number of nitrogens with zero attached hydrogens (tertiary/aromatic N) is 1. The lowest BCUT2D eigenvalue weighted by Crippen LogP contribution is -2.35. The molecule has 118 valence electrons. The predicted molar refractivity (Wildman–Crippen MR) is 95.9 cm³/mol. The molecule has 3 aromatic rings. The Kier molecular flexibility index (Phi) is 3.93. The molecule has 4 nitrogen and oxygen atoms in total. The standard InChI is InChI=1S/C18H17BrN2O2/c19-14-1-2-15-13(11-21-5-7-23-8-6-21)9-12-3-4-20-18(22)17(12)16(15)10-14/h1-4,9-10H,5-8,11H2,(H,20,22). The van der Waals surface area contributed by atoms with E-state index in [1.54, 1.807) is 6.20 Å². The van der Waals surface area contributed by atoms with Crippen LogP contribution in [0.5, 0.6) is 0 Å². The summed E-state index contributed by atoms with van der Waals surface area (Å²) in [5.41, 5.74) is 1.22. The van der Waals surface area contributed by atoms with Gasteiger partial charge in [0.1, 0.15) is 0 Å². The van der Waals surface area contributed by atoms with Crippen LogP contribution in [0.1, 0.15) is 5.56 Å². The number of morpholine rings is 1. The van der Waals surface area contributed by atoms with Crippen LogP contribution in [0, 0.1) is 0 Å². The van der Waals surface area contributed by atoms with E-state index in [9.17, 15) is 4.79 Å². The minimum Gasteiger partial charge on any atom is -0.379 e. The topological polar surface area (TPSA) is 45.3 Å². The number of H-pyrrole nitrogens is 1. The highest BCUT2D eigenvalue weighted by Gasteiger charge is 2.15. The van der Waals surface area contributed by atoms with Gasteiger partial charge < -0.3 is 9.72 Å². The van der Waals surface area contributed by atoms with Crippen molar-refractivity contribution in [1.82, 2.24) is 9.88 Å². The van der Waals surface area contributed by atoms with Gasteiger partial charge in [-0.25, -0.2) is 0 Å². The van der Waals surface area contributed by atoms with Gasteiger partial charge in [-0.15, -0.1) is 0 Å². The molecule has 0 saturated carbocycles. The molecule has 2 aromatic carbocycles. The number of aromatic nitrogens is 1. The monoisotopic (exact) mass is 372 g/mol. The normalized spacial score (nSPS) is 16.2. The van der Waals surface area contributed by atoms with E-state index in [1.165, 1.54) is 5.56 Å². The van der Waals surface area contributed by atoms with E-state index in [1.807, 2.05) is 18.2 Å². The Morgan fingerprint density at radius 1 is 1.13 bits per heavy atom. The lowest BCUT2D eigenvalue weighted by atomic mass is 9.98. The first kappa shape index (κ1) is 14.9. The first-order chi connectivity index (χ1) is 11.2. The molecule has 0 atom stereocenters. The highest BCUT2D eigenvalue weighted by atomic mass is 79.9. The maximum atomic E-state index is 12.3. The highest BCUT2D eigenvalue weighted by molar-refractivity contribution is 9.10. The van der Waals surface area contributed by atoms with Crippen LogP contribution in [0.25, 0.3) is 21.5 Å². The van der Waals surface area contributed by atoms with Crippen LogP contribution in [0.15, 0.2) is 45.8 Å². The zero-order chi connectivity index (χ0) is 15.8. The van der Waals surface area contributed by atoms with Crippen molar-refractivity contribution in [3.63, 3.8) is 0 Å². The maximum Gasteiger partial charge on any atom is 0.256 e. The van der Waals surface area contributed by atoms with Crippen molar-refractivity contribution in [2.75, 3.05) is 26.3 Å². The molecule has 1 aliphatic rings. The summed E-state index contributed by atoms with van der Waals surface area (Å²) < 4.78 is 6.42. The molecule has 0 spiro atoms. The van der Waals surface area contributed by atoms with Crippen molar-refractivity contribution < 1.29 is 4.74 Å². The van der Waals surface area contributed by atoms with Gasteiger partial charge in [-0.05, 0) is 46.0 Å². The number of rotatable bonds is 2. The van der Waals surface area contributed by atoms with Crippen molar-refractivity contribution in [2.24, 2.45) is 0 Å². The summed E-state index contributed by atoms with van der Waals surface area (Å²) in [6.45, 7) is 4.36. The zero-order valence-electron chi connectivity index (χ0n) is 12.6. The number of nitrogens with one attached hydrogen (secondary N) is 1. The van der Waals surface area contributed by atoms with E-state index >= 15 is 0 Å². The van der Waals surface area contributed by atoms with E-state index in [4.69, 9.17) is 4.74 Å². The molecule has 1 saturated heterocycles. The number of hydrogen-bond acceptors (Lipinski definition) is 3. The van der Waals surface area contributed by atoms with Gasteiger partial charge >= 0.3 is 0 Å². The molecule has 23 heavy (non-hydrogen) atoms. The van der Waals surface area contributed by atoms with Crippen LogP contribution >= 0.6 is 15.9 Å². The Hall–Kier alpha value is -1.69. The second-order valence-corrected chi connectivity index (χ2v) is 6.80. The summed E-state index contributed by atoms with van der Waals surface area (Å²) in [5.74, 6) is 0. The Balaban J connectivity index is 1.93. The lowest BCUT2D eigenvalue weighted by Gasteiger charge is -2.27. The largest absolute Gasteiger partial charge is 0.379 e. The average Bonchev–Trinajstić information content (AvgIpc) is 2.55. The summed E-state index contributed by atoms with van der Waals surface area (Å²) in [6, 6.07) is 10.3. The van der Waals surface area contributed by atoms with E-state index in [2.05, 4.69) is 37.9 Å². The molecule has 1 aromatic heterocycles. The maximum absolute atomic E-state index is 12.3. The van der Waals surface area contributed by atoms with E-state index < -0.39 is 0 Å². The molecule has 4 rings (SSSR count). The summed E-state index contributed by atoms with van der Waals surface area (Å²) in [5, 5.41) is 3.89. The fourth-order valence-electron chi connectivity index (χ4n) is 3.29. The van der Waals surface area contributed by atoms with Gasteiger partial charge in [0.25, 0.3) is 5.56 Å².